The maximum Gasteiger partial charge on any atom is 0.401 e. The van der Waals surface area contributed by atoms with Crippen LogP contribution in [0.25, 0.3) is 28.1 Å². The van der Waals surface area contributed by atoms with Crippen LogP contribution in [0.15, 0.2) is 41.4 Å². The zero-order valence-electron chi connectivity index (χ0n) is 22.4. The summed E-state index contributed by atoms with van der Waals surface area (Å²) in [5, 5.41) is 14.3. The van der Waals surface area contributed by atoms with Crippen molar-refractivity contribution in [3.05, 3.63) is 42.7 Å². The van der Waals surface area contributed by atoms with Crippen molar-refractivity contribution in [2.24, 2.45) is 0 Å². The number of nitrogens with zero attached hydrogens (tertiary/aromatic N) is 8. The molecular weight excluding hydrogens is 555 g/mol. The predicted octanol–water partition coefficient (Wildman–Crippen LogP) is 4.22. The first-order chi connectivity index (χ1) is 20.1. The van der Waals surface area contributed by atoms with Gasteiger partial charge in [0.2, 0.25) is 0 Å². The van der Waals surface area contributed by atoms with Crippen LogP contribution in [0.4, 0.5) is 35.3 Å². The first-order valence-corrected chi connectivity index (χ1v) is 13.4. The number of pyridine rings is 1. The maximum atomic E-state index is 13.4. The minimum atomic E-state index is -4.45. The highest BCUT2D eigenvalue weighted by Gasteiger charge is 2.67. The number of urea groups is 1. The van der Waals surface area contributed by atoms with Crippen molar-refractivity contribution in [3.63, 3.8) is 0 Å². The number of hydrogen-bond donors (Lipinski definition) is 3. The third kappa shape index (κ3) is 4.20. The lowest BCUT2D eigenvalue weighted by molar-refractivity contribution is -0.165. The van der Waals surface area contributed by atoms with Gasteiger partial charge in [-0.15, -0.1) is 0 Å². The summed E-state index contributed by atoms with van der Waals surface area (Å²) in [5.74, 6) is -0.152. The zero-order valence-corrected chi connectivity index (χ0v) is 22.4. The van der Waals surface area contributed by atoms with Gasteiger partial charge in [0.15, 0.2) is 22.9 Å². The van der Waals surface area contributed by atoms with Crippen LogP contribution in [-0.2, 0) is 5.41 Å². The molecule has 1 unspecified atom stereocenters. The van der Waals surface area contributed by atoms with E-state index >= 15 is 0 Å². The van der Waals surface area contributed by atoms with Crippen molar-refractivity contribution < 1.29 is 22.5 Å². The molecule has 7 rings (SSSR count). The number of hydrogen-bond acceptors (Lipinski definition) is 9. The van der Waals surface area contributed by atoms with Gasteiger partial charge < -0.3 is 20.5 Å². The summed E-state index contributed by atoms with van der Waals surface area (Å²) < 4.78 is 48.8. The van der Waals surface area contributed by atoms with E-state index in [1.54, 1.807) is 28.9 Å². The normalized spacial score (nSPS) is 18.9. The van der Waals surface area contributed by atoms with Gasteiger partial charge in [0.25, 0.3) is 0 Å². The van der Waals surface area contributed by atoms with Gasteiger partial charge in [-0.05, 0) is 51.4 Å². The van der Waals surface area contributed by atoms with Crippen molar-refractivity contribution in [1.29, 1.82) is 0 Å². The van der Waals surface area contributed by atoms with Gasteiger partial charge in [0, 0.05) is 25.0 Å². The molecule has 218 valence electrons. The number of halogens is 3. The van der Waals surface area contributed by atoms with Crippen molar-refractivity contribution in [2.75, 3.05) is 36.5 Å². The van der Waals surface area contributed by atoms with E-state index in [0.29, 0.717) is 39.6 Å². The first kappa shape index (κ1) is 26.2. The molecule has 1 saturated heterocycles. The van der Waals surface area contributed by atoms with Crippen molar-refractivity contribution in [1.82, 2.24) is 39.2 Å². The number of likely N-dealkylation sites (N-methyl/N-ethyl adjacent to an activating group) is 1. The molecule has 0 spiro atoms. The summed E-state index contributed by atoms with van der Waals surface area (Å²) in [4.78, 5) is 28.2. The van der Waals surface area contributed by atoms with Crippen LogP contribution in [0, 0.1) is 0 Å². The molecule has 6 heterocycles. The Hall–Kier alpha value is -4.73. The molecule has 42 heavy (non-hydrogen) atoms. The van der Waals surface area contributed by atoms with Crippen LogP contribution < -0.4 is 16.4 Å². The highest BCUT2D eigenvalue weighted by atomic mass is 19.4. The number of aromatic nitrogens is 7. The smallest absolute Gasteiger partial charge is 0.383 e. The lowest BCUT2D eigenvalue weighted by atomic mass is 10.0. The predicted molar refractivity (Wildman–Crippen MR) is 146 cm³/mol. The quantitative estimate of drug-likeness (QED) is 0.276. The van der Waals surface area contributed by atoms with E-state index < -0.39 is 17.6 Å². The van der Waals surface area contributed by atoms with Crippen LogP contribution in [0.1, 0.15) is 37.5 Å². The molecule has 2 fully saturated rings. The number of imidazole rings is 1. The minimum absolute atomic E-state index is 0.0788. The molecule has 1 saturated carbocycles. The molecule has 4 N–H and O–H groups in total. The highest BCUT2D eigenvalue weighted by Crippen LogP contribution is 2.59. The Morgan fingerprint density at radius 2 is 2.00 bits per heavy atom. The second-order valence-electron chi connectivity index (χ2n) is 10.8. The fraction of sp³-hybridized carbons (Fsp3) is 0.385. The second-order valence-corrected chi connectivity index (χ2v) is 10.8. The summed E-state index contributed by atoms with van der Waals surface area (Å²) in [7, 11) is 2.08. The Morgan fingerprint density at radius 3 is 2.76 bits per heavy atom. The largest absolute Gasteiger partial charge is 0.401 e. The summed E-state index contributed by atoms with van der Waals surface area (Å²) in [5.41, 5.74) is 6.92. The summed E-state index contributed by atoms with van der Waals surface area (Å²) in [6.07, 6.45) is 2.10. The van der Waals surface area contributed by atoms with E-state index in [9.17, 15) is 18.0 Å². The molecular formula is C26H26F3N11O2. The second kappa shape index (κ2) is 9.40. The molecule has 1 atom stereocenters. The first-order valence-electron chi connectivity index (χ1n) is 13.4. The number of amides is 2. The van der Waals surface area contributed by atoms with Gasteiger partial charge in [-0.2, -0.15) is 18.3 Å². The Balaban J connectivity index is 1.18. The molecule has 0 radical (unpaired) electrons. The Labute approximate surface area is 235 Å². The molecule has 0 aromatic carbocycles. The van der Waals surface area contributed by atoms with Crippen molar-refractivity contribution >= 4 is 40.0 Å². The summed E-state index contributed by atoms with van der Waals surface area (Å²) in [6.45, 7) is 1.84. The number of carbonyl (C=O) groups is 1. The van der Waals surface area contributed by atoms with Gasteiger partial charge in [-0.25, -0.2) is 24.4 Å². The Bertz CT molecular complexity index is 1820. The van der Waals surface area contributed by atoms with Gasteiger partial charge in [-0.1, -0.05) is 5.16 Å². The molecule has 1 aliphatic carbocycles. The third-order valence-corrected chi connectivity index (χ3v) is 8.02. The topological polar surface area (TPSA) is 157 Å². The number of rotatable bonds is 5. The number of alkyl halides is 3. The minimum Gasteiger partial charge on any atom is -0.383 e. The van der Waals surface area contributed by atoms with Crippen LogP contribution >= 0.6 is 0 Å². The van der Waals surface area contributed by atoms with Crippen molar-refractivity contribution in [2.45, 2.75) is 43.3 Å². The molecule has 5 aromatic rings. The van der Waals surface area contributed by atoms with E-state index in [2.05, 4.69) is 42.7 Å². The van der Waals surface area contributed by atoms with E-state index in [1.807, 2.05) is 4.68 Å². The van der Waals surface area contributed by atoms with Crippen molar-refractivity contribution in [3.8, 4) is 11.4 Å². The molecule has 13 nitrogen and oxygen atoms in total. The number of fused-ring (bicyclic) bond motifs is 2. The number of anilines is 3. The van der Waals surface area contributed by atoms with Gasteiger partial charge in [0.1, 0.15) is 23.3 Å². The molecule has 2 amide bonds. The molecule has 16 heteroatoms. The van der Waals surface area contributed by atoms with Gasteiger partial charge >= 0.3 is 12.2 Å². The molecule has 1 aliphatic heterocycles. The van der Waals surface area contributed by atoms with E-state index in [0.717, 1.165) is 32.0 Å². The monoisotopic (exact) mass is 581 g/mol. The number of piperidine rings is 1. The SMILES string of the molecule is CN1CCCC(n2nc(-c3ccc(NC(=O)Nc4cc(C5(C(F)(F)F)CC5)on4)c4nccn34)c3c(N)ncnc32)C1. The molecule has 2 aliphatic rings. The number of carbonyl (C=O) groups excluding carboxylic acids is 1. The van der Waals surface area contributed by atoms with Crippen LogP contribution in [0.5, 0.6) is 0 Å². The lowest BCUT2D eigenvalue weighted by Crippen LogP contribution is -2.34. The van der Waals surface area contributed by atoms with Gasteiger partial charge in [-0.3, -0.25) is 9.72 Å². The fourth-order valence-corrected chi connectivity index (χ4v) is 5.70. The van der Waals surface area contributed by atoms with E-state index in [1.165, 1.54) is 6.33 Å². The number of nitrogens with two attached hydrogens (primary N) is 1. The standard InChI is InChI=1S/C26H26F3N11O2/c1-38-9-2-3-14(12-38)40-23-19(21(30)32-13-33-23)20(36-40)16-5-4-15(22-31-8-10-39(16)22)34-24(41)35-18-11-17(42-37-18)25(6-7-25)26(27,28)29/h4-5,8,10-11,13-14H,2-3,6-7,9,12H2,1H3,(H2,30,32,33)(H2,34,35,37,41). The average Bonchev–Trinajstić information content (AvgIpc) is 3.26. The lowest BCUT2D eigenvalue weighted by Gasteiger charge is -2.29. The number of nitrogens with one attached hydrogen (secondary N) is 2. The van der Waals surface area contributed by atoms with E-state index in [-0.39, 0.29) is 30.5 Å². The Kier molecular flexibility index (Phi) is 5.86. The third-order valence-electron chi connectivity index (χ3n) is 8.02. The zero-order chi connectivity index (χ0) is 29.2. The molecule has 0 bridgehead atoms. The average molecular weight is 582 g/mol. The number of nitrogen functional groups attached to an aromatic ring is 1. The van der Waals surface area contributed by atoms with Crippen LogP contribution in [0.3, 0.4) is 0 Å². The van der Waals surface area contributed by atoms with Crippen LogP contribution in [0.2, 0.25) is 0 Å². The van der Waals surface area contributed by atoms with E-state index in [4.69, 9.17) is 15.4 Å². The fourth-order valence-electron chi connectivity index (χ4n) is 5.70. The van der Waals surface area contributed by atoms with Crippen LogP contribution in [-0.4, -0.2) is 71.5 Å². The summed E-state index contributed by atoms with van der Waals surface area (Å²) >= 11 is 0. The molecule has 5 aromatic heterocycles. The Morgan fingerprint density at radius 1 is 1.17 bits per heavy atom. The number of likely N-dealkylation sites (tertiary alicyclic amines) is 1. The summed E-state index contributed by atoms with van der Waals surface area (Å²) in [6, 6.07) is 3.92. The maximum absolute atomic E-state index is 13.4. The highest BCUT2D eigenvalue weighted by molar-refractivity contribution is 6.02. The van der Waals surface area contributed by atoms with Gasteiger partial charge in [0.05, 0.1) is 22.8 Å².